The van der Waals surface area contributed by atoms with Crippen LogP contribution in [0.3, 0.4) is 0 Å². The minimum Gasteiger partial charge on any atom is -0.330 e. The zero-order chi connectivity index (χ0) is 14.3. The van der Waals surface area contributed by atoms with Crippen molar-refractivity contribution in [3.05, 3.63) is 57.3 Å². The quantitative estimate of drug-likeness (QED) is 0.671. The molecule has 0 aliphatic heterocycles. The number of aromatic amines is 1. The highest BCUT2D eigenvalue weighted by atomic mass is 35.5. The largest absolute Gasteiger partial charge is 0.330 e. The number of nitriles is 1. The van der Waals surface area contributed by atoms with Gasteiger partial charge in [0.25, 0.3) is 0 Å². The van der Waals surface area contributed by atoms with Crippen molar-refractivity contribution in [1.82, 2.24) is 9.55 Å². The van der Waals surface area contributed by atoms with Gasteiger partial charge >= 0.3 is 0 Å². The number of nitrogens with one attached hydrogen (secondary N) is 1. The Bertz CT molecular complexity index is 915. The maximum atomic E-state index is 8.90. The maximum Gasteiger partial charge on any atom is 0.182 e. The molecule has 5 heteroatoms. The molecule has 2 aromatic carbocycles. The molecule has 0 saturated heterocycles. The molecular weight excluding hydrogens is 290 g/mol. The molecule has 0 radical (unpaired) electrons. The molecule has 3 nitrogen and oxygen atoms in total. The minimum atomic E-state index is 0.502. The van der Waals surface area contributed by atoms with Gasteiger partial charge in [-0.15, -0.1) is 0 Å². The first-order chi connectivity index (χ1) is 9.60. The lowest BCUT2D eigenvalue weighted by molar-refractivity contribution is 1.06. The van der Waals surface area contributed by atoms with E-state index in [9.17, 15) is 0 Å². The number of nitrogens with zero attached hydrogens (tertiary/aromatic N) is 2. The second kappa shape index (κ2) is 4.78. The molecule has 0 saturated carbocycles. The topological polar surface area (TPSA) is 44.5 Å². The zero-order valence-electron chi connectivity index (χ0n) is 10.6. The van der Waals surface area contributed by atoms with Gasteiger partial charge in [-0.2, -0.15) is 5.26 Å². The summed E-state index contributed by atoms with van der Waals surface area (Å²) < 4.78 is 2.46. The third-order valence-electron chi connectivity index (χ3n) is 3.16. The number of hydrogen-bond acceptors (Lipinski definition) is 2. The summed E-state index contributed by atoms with van der Waals surface area (Å²) in [6, 6.07) is 13.3. The monoisotopic (exact) mass is 299 g/mol. The lowest BCUT2D eigenvalue weighted by Gasteiger charge is -2.07. The molecule has 0 aliphatic carbocycles. The van der Waals surface area contributed by atoms with Crippen LogP contribution in [0.2, 0.25) is 5.02 Å². The van der Waals surface area contributed by atoms with Gasteiger partial charge in [-0.3, -0.25) is 4.57 Å². The van der Waals surface area contributed by atoms with E-state index in [1.165, 1.54) is 0 Å². The lowest BCUT2D eigenvalue weighted by Crippen LogP contribution is -1.95. The minimum absolute atomic E-state index is 0.502. The molecule has 20 heavy (non-hydrogen) atoms. The summed E-state index contributed by atoms with van der Waals surface area (Å²) >= 11 is 11.7. The normalized spacial score (nSPS) is 10.7. The second-order valence-corrected chi connectivity index (χ2v) is 5.36. The molecule has 0 atom stereocenters. The molecule has 98 valence electrons. The van der Waals surface area contributed by atoms with Crippen LogP contribution >= 0.6 is 23.8 Å². The molecule has 0 unspecified atom stereocenters. The molecule has 0 spiro atoms. The summed E-state index contributed by atoms with van der Waals surface area (Å²) in [7, 11) is 0. The van der Waals surface area contributed by atoms with E-state index < -0.39 is 0 Å². The van der Waals surface area contributed by atoms with Crippen LogP contribution in [0.1, 0.15) is 11.1 Å². The first-order valence-electron chi connectivity index (χ1n) is 6.01. The highest BCUT2D eigenvalue weighted by Crippen LogP contribution is 2.26. The first kappa shape index (κ1) is 12.9. The number of benzene rings is 2. The fourth-order valence-electron chi connectivity index (χ4n) is 2.22. The van der Waals surface area contributed by atoms with Crippen molar-refractivity contribution in [2.45, 2.75) is 6.92 Å². The SMILES string of the molecule is Cc1ccc2c(c1)[nH]c(=S)n2-c1ccc(C#N)cc1Cl. The van der Waals surface area contributed by atoms with Gasteiger partial charge in [0.1, 0.15) is 0 Å². The van der Waals surface area contributed by atoms with Crippen LogP contribution in [0, 0.1) is 23.0 Å². The summed E-state index contributed by atoms with van der Waals surface area (Å²) in [5.74, 6) is 0. The Morgan fingerprint density at radius 2 is 2.05 bits per heavy atom. The summed E-state index contributed by atoms with van der Waals surface area (Å²) in [6.45, 7) is 2.03. The molecule has 3 rings (SSSR count). The number of halogens is 1. The Hall–Kier alpha value is -2.09. The lowest BCUT2D eigenvalue weighted by atomic mass is 10.2. The molecular formula is C15H10ClN3S. The number of aromatic nitrogens is 2. The zero-order valence-corrected chi connectivity index (χ0v) is 12.2. The number of imidazole rings is 1. The Labute approximate surface area is 126 Å². The van der Waals surface area contributed by atoms with Crippen LogP contribution in [-0.4, -0.2) is 9.55 Å². The number of rotatable bonds is 1. The van der Waals surface area contributed by atoms with Gasteiger partial charge in [0.05, 0.1) is 33.4 Å². The molecule has 0 amide bonds. The van der Waals surface area contributed by atoms with Gasteiger partial charge in [0, 0.05) is 0 Å². The van der Waals surface area contributed by atoms with Crippen LogP contribution in [-0.2, 0) is 0 Å². The fourth-order valence-corrected chi connectivity index (χ4v) is 2.79. The van der Waals surface area contributed by atoms with E-state index in [4.69, 9.17) is 29.1 Å². The van der Waals surface area contributed by atoms with E-state index in [0.717, 1.165) is 22.3 Å². The van der Waals surface area contributed by atoms with Crippen molar-refractivity contribution in [2.75, 3.05) is 0 Å². The van der Waals surface area contributed by atoms with Gasteiger partial charge < -0.3 is 4.98 Å². The highest BCUT2D eigenvalue weighted by Gasteiger charge is 2.10. The van der Waals surface area contributed by atoms with E-state index in [0.29, 0.717) is 15.4 Å². The third kappa shape index (κ3) is 2.01. The van der Waals surface area contributed by atoms with Gasteiger partial charge in [-0.1, -0.05) is 17.7 Å². The van der Waals surface area contributed by atoms with Crippen molar-refractivity contribution >= 4 is 34.9 Å². The number of H-pyrrole nitrogens is 1. The summed E-state index contributed by atoms with van der Waals surface area (Å²) in [5, 5.41) is 9.40. The van der Waals surface area contributed by atoms with Gasteiger partial charge in [-0.25, -0.2) is 0 Å². The summed E-state index contributed by atoms with van der Waals surface area (Å²) in [5.41, 5.74) is 4.39. The van der Waals surface area contributed by atoms with Crippen molar-refractivity contribution < 1.29 is 0 Å². The maximum absolute atomic E-state index is 8.90. The fraction of sp³-hybridized carbons (Fsp3) is 0.0667. The highest BCUT2D eigenvalue weighted by molar-refractivity contribution is 7.71. The number of hydrogen-bond donors (Lipinski definition) is 1. The van der Waals surface area contributed by atoms with Crippen molar-refractivity contribution in [3.8, 4) is 11.8 Å². The van der Waals surface area contributed by atoms with E-state index >= 15 is 0 Å². The van der Waals surface area contributed by atoms with Crippen molar-refractivity contribution in [1.29, 1.82) is 5.26 Å². The van der Waals surface area contributed by atoms with Gasteiger partial charge in [-0.05, 0) is 55.0 Å². The van der Waals surface area contributed by atoms with Crippen LogP contribution in [0.4, 0.5) is 0 Å². The van der Waals surface area contributed by atoms with Crippen LogP contribution < -0.4 is 0 Å². The van der Waals surface area contributed by atoms with Crippen molar-refractivity contribution in [3.63, 3.8) is 0 Å². The van der Waals surface area contributed by atoms with Gasteiger partial charge in [0.2, 0.25) is 0 Å². The second-order valence-electron chi connectivity index (χ2n) is 4.56. The predicted molar refractivity (Wildman–Crippen MR) is 82.9 cm³/mol. The van der Waals surface area contributed by atoms with E-state index in [1.54, 1.807) is 12.1 Å². The standard InChI is InChI=1S/C15H10ClN3S/c1-9-2-4-14-12(6-9)18-15(20)19(14)13-5-3-10(8-17)7-11(13)16/h2-7H,1H3,(H,18,20). The molecule has 0 bridgehead atoms. The Kier molecular flexibility index (Phi) is 3.09. The average Bonchev–Trinajstić information content (AvgIpc) is 2.73. The number of fused-ring (bicyclic) bond motifs is 1. The van der Waals surface area contributed by atoms with E-state index in [2.05, 4.69) is 11.1 Å². The molecule has 0 aliphatic rings. The smallest absolute Gasteiger partial charge is 0.182 e. The van der Waals surface area contributed by atoms with E-state index in [1.807, 2.05) is 35.8 Å². The van der Waals surface area contributed by atoms with Gasteiger partial charge in [0.15, 0.2) is 4.77 Å². The molecule has 1 aromatic heterocycles. The summed E-state index contributed by atoms with van der Waals surface area (Å²) in [4.78, 5) is 3.18. The Morgan fingerprint density at radius 3 is 2.75 bits per heavy atom. The van der Waals surface area contributed by atoms with Crippen LogP contribution in [0.15, 0.2) is 36.4 Å². The Morgan fingerprint density at radius 1 is 1.25 bits per heavy atom. The van der Waals surface area contributed by atoms with Crippen LogP contribution in [0.5, 0.6) is 0 Å². The molecule has 0 fully saturated rings. The average molecular weight is 300 g/mol. The Balaban J connectivity index is 2.33. The summed E-state index contributed by atoms with van der Waals surface area (Å²) in [6.07, 6.45) is 0. The molecule has 1 heterocycles. The third-order valence-corrected chi connectivity index (χ3v) is 3.74. The molecule has 3 aromatic rings. The molecule has 1 N–H and O–H groups in total. The van der Waals surface area contributed by atoms with Crippen LogP contribution in [0.25, 0.3) is 16.7 Å². The first-order valence-corrected chi connectivity index (χ1v) is 6.80. The van der Waals surface area contributed by atoms with Crippen molar-refractivity contribution in [2.24, 2.45) is 0 Å². The predicted octanol–water partition coefficient (Wildman–Crippen LogP) is 4.52. The van der Waals surface area contributed by atoms with E-state index in [-0.39, 0.29) is 0 Å². The number of aryl methyl sites for hydroxylation is 1.